The van der Waals surface area contributed by atoms with E-state index in [4.69, 9.17) is 9.15 Å². The smallest absolute Gasteiger partial charge is 0.374 e. The Morgan fingerprint density at radius 3 is 2.59 bits per heavy atom. The molecule has 1 aliphatic heterocycles. The zero-order valence-corrected chi connectivity index (χ0v) is 16.1. The van der Waals surface area contributed by atoms with Crippen molar-refractivity contribution in [3.63, 3.8) is 0 Å². The van der Waals surface area contributed by atoms with Crippen LogP contribution < -0.4 is 0 Å². The summed E-state index contributed by atoms with van der Waals surface area (Å²) >= 11 is 0. The van der Waals surface area contributed by atoms with Gasteiger partial charge in [0.15, 0.2) is 0 Å². The van der Waals surface area contributed by atoms with Crippen molar-refractivity contribution in [3.8, 4) is 0 Å². The Hall–Kier alpha value is -2.13. The summed E-state index contributed by atoms with van der Waals surface area (Å²) in [4.78, 5) is 25.7. The van der Waals surface area contributed by atoms with E-state index in [9.17, 15) is 18.0 Å². The van der Waals surface area contributed by atoms with Gasteiger partial charge in [-0.2, -0.15) is 4.31 Å². The molecule has 1 atom stereocenters. The maximum absolute atomic E-state index is 12.7. The van der Waals surface area contributed by atoms with Crippen molar-refractivity contribution >= 4 is 21.9 Å². The first kappa shape index (κ1) is 19.6. The number of carbonyl (C=O) groups excluding carboxylic acids is 2. The van der Waals surface area contributed by atoms with E-state index in [-0.39, 0.29) is 36.5 Å². The van der Waals surface area contributed by atoms with Gasteiger partial charge in [0.2, 0.25) is 16.8 Å². The predicted octanol–water partition coefficient (Wildman–Crippen LogP) is 1.65. The van der Waals surface area contributed by atoms with Crippen molar-refractivity contribution in [2.45, 2.75) is 31.3 Å². The van der Waals surface area contributed by atoms with Crippen molar-refractivity contribution in [3.05, 3.63) is 30.0 Å². The zero-order valence-electron chi connectivity index (χ0n) is 15.3. The van der Waals surface area contributed by atoms with Crippen LogP contribution in [0.2, 0.25) is 0 Å². The summed E-state index contributed by atoms with van der Waals surface area (Å²) in [5.41, 5.74) is 0. The van der Waals surface area contributed by atoms with E-state index in [2.05, 4.69) is 12.2 Å². The highest BCUT2D eigenvalue weighted by atomic mass is 32.2. The molecule has 0 spiro atoms. The first-order valence-corrected chi connectivity index (χ1v) is 10.6. The third-order valence-electron chi connectivity index (χ3n) is 4.79. The lowest BCUT2D eigenvalue weighted by Gasteiger charge is -2.33. The van der Waals surface area contributed by atoms with E-state index >= 15 is 0 Å². The van der Waals surface area contributed by atoms with Crippen LogP contribution in [0.15, 0.2) is 33.8 Å². The SMILES string of the molecule is CCOC(=O)c1ccc(S(=O)(=O)N2CCN(C(=O)C[C@@H]3C=CCC3)CC2)o1. The van der Waals surface area contributed by atoms with Crippen LogP contribution in [0, 0.1) is 5.92 Å². The first-order valence-electron chi connectivity index (χ1n) is 9.13. The molecule has 2 aliphatic rings. The van der Waals surface area contributed by atoms with Crippen molar-refractivity contribution in [2.24, 2.45) is 5.92 Å². The minimum Gasteiger partial charge on any atom is -0.460 e. The van der Waals surface area contributed by atoms with Gasteiger partial charge in [-0.1, -0.05) is 12.2 Å². The maximum atomic E-state index is 12.7. The molecule has 8 nitrogen and oxygen atoms in total. The summed E-state index contributed by atoms with van der Waals surface area (Å²) in [6, 6.07) is 2.55. The molecule has 1 aromatic rings. The van der Waals surface area contributed by atoms with Crippen LogP contribution in [0.3, 0.4) is 0 Å². The lowest BCUT2D eigenvalue weighted by Crippen LogP contribution is -2.50. The summed E-state index contributed by atoms with van der Waals surface area (Å²) in [5.74, 6) is -0.487. The minimum absolute atomic E-state index is 0.0613. The third-order valence-corrected chi connectivity index (χ3v) is 6.57. The maximum Gasteiger partial charge on any atom is 0.374 e. The Bertz CT molecular complexity index is 821. The summed E-state index contributed by atoms with van der Waals surface area (Å²) in [5, 5.41) is -0.290. The number of furan rings is 1. The number of allylic oxidation sites excluding steroid dienone is 2. The second-order valence-corrected chi connectivity index (χ2v) is 8.46. The summed E-state index contributed by atoms with van der Waals surface area (Å²) in [7, 11) is -3.85. The number of nitrogens with zero attached hydrogens (tertiary/aromatic N) is 2. The highest BCUT2D eigenvalue weighted by Crippen LogP contribution is 2.23. The van der Waals surface area contributed by atoms with Gasteiger partial charge < -0.3 is 14.1 Å². The van der Waals surface area contributed by atoms with Crippen LogP contribution in [0.4, 0.5) is 0 Å². The molecule has 1 saturated heterocycles. The quantitative estimate of drug-likeness (QED) is 0.536. The minimum atomic E-state index is -3.85. The number of piperazine rings is 1. The van der Waals surface area contributed by atoms with E-state index in [0.717, 1.165) is 12.8 Å². The van der Waals surface area contributed by atoms with Crippen molar-refractivity contribution in [1.29, 1.82) is 0 Å². The second kappa shape index (κ2) is 8.26. The molecular weight excluding hydrogens is 372 g/mol. The number of hydrogen-bond acceptors (Lipinski definition) is 6. The van der Waals surface area contributed by atoms with Crippen molar-refractivity contribution in [1.82, 2.24) is 9.21 Å². The number of ether oxygens (including phenoxy) is 1. The summed E-state index contributed by atoms with van der Waals surface area (Å²) in [6.07, 6.45) is 6.67. The second-order valence-electron chi connectivity index (χ2n) is 6.59. The van der Waals surface area contributed by atoms with Crippen LogP contribution in [-0.4, -0.2) is 62.3 Å². The molecule has 1 fully saturated rings. The average molecular weight is 396 g/mol. The Kier molecular flexibility index (Phi) is 6.01. The lowest BCUT2D eigenvalue weighted by atomic mass is 10.0. The van der Waals surface area contributed by atoms with Crippen LogP contribution in [0.1, 0.15) is 36.7 Å². The van der Waals surface area contributed by atoms with Gasteiger partial charge in [0.25, 0.3) is 10.0 Å². The number of amides is 1. The fourth-order valence-electron chi connectivity index (χ4n) is 3.29. The molecule has 9 heteroatoms. The molecule has 0 radical (unpaired) electrons. The van der Waals surface area contributed by atoms with Gasteiger partial charge in [-0.05, 0) is 37.8 Å². The highest BCUT2D eigenvalue weighted by molar-refractivity contribution is 7.89. The predicted molar refractivity (Wildman–Crippen MR) is 96.5 cm³/mol. The fourth-order valence-corrected chi connectivity index (χ4v) is 4.63. The van der Waals surface area contributed by atoms with Gasteiger partial charge in [0.1, 0.15) is 0 Å². The van der Waals surface area contributed by atoms with Crippen LogP contribution in [0.25, 0.3) is 0 Å². The van der Waals surface area contributed by atoms with E-state index < -0.39 is 16.0 Å². The number of carbonyl (C=O) groups is 2. The van der Waals surface area contributed by atoms with Gasteiger partial charge in [-0.25, -0.2) is 13.2 Å². The Morgan fingerprint density at radius 1 is 1.22 bits per heavy atom. The normalized spacial score (nSPS) is 20.8. The van der Waals surface area contributed by atoms with E-state index in [1.54, 1.807) is 11.8 Å². The molecule has 1 aromatic heterocycles. The Balaban J connectivity index is 1.58. The van der Waals surface area contributed by atoms with Crippen molar-refractivity contribution in [2.75, 3.05) is 32.8 Å². The molecule has 148 valence electrons. The molecular formula is C18H24N2O6S. The molecule has 0 bridgehead atoms. The molecule has 2 heterocycles. The standard InChI is InChI=1S/C18H24N2O6S/c1-2-25-18(22)15-7-8-17(26-15)27(23,24)20-11-9-19(10-12-20)16(21)13-14-5-3-4-6-14/h3,5,7-8,14H,2,4,6,9-13H2,1H3/t14-/m1/s1. The first-order chi connectivity index (χ1) is 12.9. The topological polar surface area (TPSA) is 97.1 Å². The van der Waals surface area contributed by atoms with Gasteiger partial charge >= 0.3 is 5.97 Å². The molecule has 27 heavy (non-hydrogen) atoms. The molecule has 0 saturated carbocycles. The summed E-state index contributed by atoms with van der Waals surface area (Å²) < 4.78 is 36.7. The van der Waals surface area contributed by atoms with E-state index in [0.29, 0.717) is 25.4 Å². The van der Waals surface area contributed by atoms with Crippen LogP contribution in [0.5, 0.6) is 0 Å². The molecule has 0 unspecified atom stereocenters. The van der Waals surface area contributed by atoms with Gasteiger partial charge in [0.05, 0.1) is 6.61 Å². The largest absolute Gasteiger partial charge is 0.460 e. The highest BCUT2D eigenvalue weighted by Gasteiger charge is 2.33. The van der Waals surface area contributed by atoms with Crippen LogP contribution in [-0.2, 0) is 19.6 Å². The molecule has 1 amide bonds. The Labute approximate surface area is 158 Å². The molecule has 0 aromatic carbocycles. The average Bonchev–Trinajstić information content (AvgIpc) is 3.34. The number of sulfonamides is 1. The fraction of sp³-hybridized carbons (Fsp3) is 0.556. The number of rotatable bonds is 6. The molecule has 1 aliphatic carbocycles. The number of esters is 1. The van der Waals surface area contributed by atoms with Gasteiger partial charge in [-0.3, -0.25) is 4.79 Å². The number of hydrogen-bond donors (Lipinski definition) is 0. The van der Waals surface area contributed by atoms with Crippen LogP contribution >= 0.6 is 0 Å². The van der Waals surface area contributed by atoms with Crippen molar-refractivity contribution < 1.29 is 27.2 Å². The molecule has 3 rings (SSSR count). The van der Waals surface area contributed by atoms with E-state index in [1.165, 1.54) is 16.4 Å². The summed E-state index contributed by atoms with van der Waals surface area (Å²) in [6.45, 7) is 2.92. The Morgan fingerprint density at radius 2 is 1.96 bits per heavy atom. The van der Waals surface area contributed by atoms with Gasteiger partial charge in [0, 0.05) is 32.6 Å². The lowest BCUT2D eigenvalue weighted by molar-refractivity contribution is -0.133. The van der Waals surface area contributed by atoms with Gasteiger partial charge in [-0.15, -0.1) is 0 Å². The van der Waals surface area contributed by atoms with E-state index in [1.807, 2.05) is 0 Å². The monoisotopic (exact) mass is 396 g/mol. The zero-order chi connectivity index (χ0) is 19.4. The third kappa shape index (κ3) is 4.41. The molecule has 0 N–H and O–H groups in total.